The van der Waals surface area contributed by atoms with Crippen molar-refractivity contribution in [1.29, 1.82) is 0 Å². The smallest absolute Gasteiger partial charge is 0.221 e. The number of carbonyl (C=O) groups excluding carboxylic acids is 1. The van der Waals surface area contributed by atoms with Gasteiger partial charge in [0.25, 0.3) is 0 Å². The summed E-state index contributed by atoms with van der Waals surface area (Å²) in [5, 5.41) is 9.86. The molecular formula is C16H15Cl2N3O2S. The van der Waals surface area contributed by atoms with E-state index >= 15 is 0 Å². The first-order valence-corrected chi connectivity index (χ1v) is 8.04. The molecule has 0 heterocycles. The standard InChI is InChI=1S/C16H15Cl2N3O2S/c1-9(22)19-10-3-5-11(6-4-10)20-16(24)21-12-7-13(17)15(23-2)14(18)8-12/h3-8H,1-2H3,(H,19,22)(H2,20,21,24). The van der Waals surface area contributed by atoms with E-state index in [2.05, 4.69) is 16.0 Å². The van der Waals surface area contributed by atoms with Crippen LogP contribution in [0.5, 0.6) is 5.75 Å². The average molecular weight is 384 g/mol. The quantitative estimate of drug-likeness (QED) is 0.663. The number of hydrogen-bond donors (Lipinski definition) is 3. The van der Waals surface area contributed by atoms with Gasteiger partial charge in [-0.1, -0.05) is 23.2 Å². The lowest BCUT2D eigenvalue weighted by atomic mass is 10.2. The fraction of sp³-hybridized carbons (Fsp3) is 0.125. The SMILES string of the molecule is COc1c(Cl)cc(NC(=S)Nc2ccc(NC(C)=O)cc2)cc1Cl. The number of benzene rings is 2. The highest BCUT2D eigenvalue weighted by atomic mass is 35.5. The predicted octanol–water partition coefficient (Wildman–Crippen LogP) is 4.77. The summed E-state index contributed by atoms with van der Waals surface area (Å²) in [5.41, 5.74) is 2.12. The second-order valence-electron chi connectivity index (χ2n) is 4.81. The van der Waals surface area contributed by atoms with Crippen molar-refractivity contribution in [3.05, 3.63) is 46.4 Å². The highest BCUT2D eigenvalue weighted by Gasteiger charge is 2.09. The van der Waals surface area contributed by atoms with E-state index in [0.29, 0.717) is 32.3 Å². The molecule has 0 bridgehead atoms. The Morgan fingerprint density at radius 2 is 1.42 bits per heavy atom. The Labute approximate surface area is 155 Å². The predicted molar refractivity (Wildman–Crippen MR) is 104 cm³/mol. The van der Waals surface area contributed by atoms with E-state index in [1.165, 1.54) is 14.0 Å². The number of ether oxygens (including phenoxy) is 1. The largest absolute Gasteiger partial charge is 0.494 e. The summed E-state index contributed by atoms with van der Waals surface area (Å²) < 4.78 is 5.10. The van der Waals surface area contributed by atoms with Crippen LogP contribution in [0.3, 0.4) is 0 Å². The fourth-order valence-corrected chi connectivity index (χ4v) is 2.84. The van der Waals surface area contributed by atoms with Crippen LogP contribution in [0, 0.1) is 0 Å². The molecule has 1 amide bonds. The minimum absolute atomic E-state index is 0.124. The van der Waals surface area contributed by atoms with Crippen molar-refractivity contribution in [2.75, 3.05) is 23.1 Å². The zero-order chi connectivity index (χ0) is 17.7. The first-order valence-electron chi connectivity index (χ1n) is 6.87. The number of halogens is 2. The van der Waals surface area contributed by atoms with Crippen LogP contribution in [-0.4, -0.2) is 18.1 Å². The lowest BCUT2D eigenvalue weighted by molar-refractivity contribution is -0.114. The lowest BCUT2D eigenvalue weighted by Crippen LogP contribution is -2.19. The van der Waals surface area contributed by atoms with Crippen LogP contribution in [-0.2, 0) is 4.79 Å². The molecule has 0 aromatic heterocycles. The number of methoxy groups -OCH3 is 1. The molecule has 0 saturated carbocycles. The van der Waals surface area contributed by atoms with Gasteiger partial charge in [0.05, 0.1) is 17.2 Å². The molecule has 0 unspecified atom stereocenters. The topological polar surface area (TPSA) is 62.4 Å². The molecule has 8 heteroatoms. The fourth-order valence-electron chi connectivity index (χ4n) is 1.96. The molecule has 0 aliphatic carbocycles. The van der Waals surface area contributed by atoms with E-state index in [-0.39, 0.29) is 5.91 Å². The number of thiocarbonyl (C=S) groups is 1. The number of anilines is 3. The van der Waals surface area contributed by atoms with Crippen molar-refractivity contribution in [3.8, 4) is 5.75 Å². The summed E-state index contributed by atoms with van der Waals surface area (Å²) in [4.78, 5) is 11.0. The Hall–Kier alpha value is -2.02. The Bertz CT molecular complexity index is 743. The number of amides is 1. The van der Waals surface area contributed by atoms with Gasteiger partial charge in [0.15, 0.2) is 10.9 Å². The van der Waals surface area contributed by atoms with Gasteiger partial charge in [0.1, 0.15) is 0 Å². The van der Waals surface area contributed by atoms with Crippen molar-refractivity contribution in [3.63, 3.8) is 0 Å². The molecule has 2 aromatic rings. The van der Waals surface area contributed by atoms with Crippen LogP contribution in [0.25, 0.3) is 0 Å². The second kappa shape index (κ2) is 8.19. The molecule has 0 aliphatic rings. The third kappa shape index (κ3) is 4.99. The van der Waals surface area contributed by atoms with E-state index in [1.807, 2.05) is 0 Å². The lowest BCUT2D eigenvalue weighted by Gasteiger charge is -2.13. The molecule has 2 rings (SSSR count). The normalized spacial score (nSPS) is 10.0. The van der Waals surface area contributed by atoms with Gasteiger partial charge < -0.3 is 20.7 Å². The average Bonchev–Trinajstić information content (AvgIpc) is 2.48. The van der Waals surface area contributed by atoms with Gasteiger partial charge in [-0.15, -0.1) is 0 Å². The van der Waals surface area contributed by atoms with Crippen LogP contribution < -0.4 is 20.7 Å². The Balaban J connectivity index is 2.02. The Kier molecular flexibility index (Phi) is 6.25. The summed E-state index contributed by atoms with van der Waals surface area (Å²) in [6.45, 7) is 1.45. The van der Waals surface area contributed by atoms with E-state index in [0.717, 1.165) is 5.69 Å². The minimum Gasteiger partial charge on any atom is -0.494 e. The van der Waals surface area contributed by atoms with Gasteiger partial charge in [-0.2, -0.15) is 0 Å². The first kappa shape index (κ1) is 18.3. The third-order valence-corrected chi connectivity index (χ3v) is 3.69. The Morgan fingerprint density at radius 3 is 1.88 bits per heavy atom. The summed E-state index contributed by atoms with van der Waals surface area (Å²) in [7, 11) is 1.50. The van der Waals surface area contributed by atoms with Gasteiger partial charge in [0, 0.05) is 24.0 Å². The van der Waals surface area contributed by atoms with Crippen molar-refractivity contribution < 1.29 is 9.53 Å². The molecule has 0 radical (unpaired) electrons. The number of carbonyl (C=O) groups is 1. The maximum Gasteiger partial charge on any atom is 0.221 e. The number of nitrogens with one attached hydrogen (secondary N) is 3. The summed E-state index contributed by atoms with van der Waals surface area (Å²) >= 11 is 17.4. The highest BCUT2D eigenvalue weighted by molar-refractivity contribution is 7.80. The van der Waals surface area contributed by atoms with Gasteiger partial charge in [-0.3, -0.25) is 4.79 Å². The van der Waals surface area contributed by atoms with Crippen LogP contribution in [0.4, 0.5) is 17.1 Å². The Morgan fingerprint density at radius 1 is 0.958 bits per heavy atom. The van der Waals surface area contributed by atoms with Gasteiger partial charge >= 0.3 is 0 Å². The van der Waals surface area contributed by atoms with E-state index in [4.69, 9.17) is 40.2 Å². The maximum absolute atomic E-state index is 11.0. The third-order valence-electron chi connectivity index (χ3n) is 2.92. The molecule has 0 spiro atoms. The van der Waals surface area contributed by atoms with Crippen molar-refractivity contribution in [1.82, 2.24) is 0 Å². The van der Waals surface area contributed by atoms with Crippen LogP contribution >= 0.6 is 35.4 Å². The molecule has 24 heavy (non-hydrogen) atoms. The number of hydrogen-bond acceptors (Lipinski definition) is 3. The molecule has 0 fully saturated rings. The molecular weight excluding hydrogens is 369 g/mol. The van der Waals surface area contributed by atoms with Crippen molar-refractivity contribution in [2.45, 2.75) is 6.92 Å². The maximum atomic E-state index is 11.0. The van der Waals surface area contributed by atoms with Crippen LogP contribution in [0.2, 0.25) is 10.0 Å². The molecule has 0 atom stereocenters. The minimum atomic E-state index is -0.124. The first-order chi connectivity index (χ1) is 11.4. The van der Waals surface area contributed by atoms with Crippen LogP contribution in [0.1, 0.15) is 6.92 Å². The van der Waals surface area contributed by atoms with E-state index in [9.17, 15) is 4.79 Å². The zero-order valence-electron chi connectivity index (χ0n) is 12.9. The van der Waals surface area contributed by atoms with E-state index < -0.39 is 0 Å². The van der Waals surface area contributed by atoms with Crippen molar-refractivity contribution in [2.24, 2.45) is 0 Å². The zero-order valence-corrected chi connectivity index (χ0v) is 15.3. The van der Waals surface area contributed by atoms with Gasteiger partial charge in [-0.05, 0) is 48.6 Å². The molecule has 5 nitrogen and oxygen atoms in total. The summed E-state index contributed by atoms with van der Waals surface area (Å²) in [6, 6.07) is 10.5. The molecule has 2 aromatic carbocycles. The van der Waals surface area contributed by atoms with Crippen LogP contribution in [0.15, 0.2) is 36.4 Å². The van der Waals surface area contributed by atoms with E-state index in [1.54, 1.807) is 36.4 Å². The van der Waals surface area contributed by atoms with Gasteiger partial charge in [0.2, 0.25) is 5.91 Å². The summed E-state index contributed by atoms with van der Waals surface area (Å²) in [5.74, 6) is 0.289. The molecule has 0 saturated heterocycles. The number of rotatable bonds is 4. The van der Waals surface area contributed by atoms with Crippen molar-refractivity contribution >= 4 is 63.5 Å². The monoisotopic (exact) mass is 383 g/mol. The molecule has 126 valence electrons. The highest BCUT2D eigenvalue weighted by Crippen LogP contribution is 2.35. The molecule has 0 aliphatic heterocycles. The second-order valence-corrected chi connectivity index (χ2v) is 6.03. The summed E-state index contributed by atoms with van der Waals surface area (Å²) in [6.07, 6.45) is 0. The van der Waals surface area contributed by atoms with Gasteiger partial charge in [-0.25, -0.2) is 0 Å². The molecule has 3 N–H and O–H groups in total.